The van der Waals surface area contributed by atoms with Crippen LogP contribution in [0.3, 0.4) is 0 Å². The fraction of sp³-hybridized carbons (Fsp3) is 0.267. The predicted molar refractivity (Wildman–Crippen MR) is 84.6 cm³/mol. The Balaban J connectivity index is 1.67. The SMILES string of the molecule is Cc1nnc(CNC(=O)Cc2c[nH]c3cc(Cl)ccc23)n1C. The van der Waals surface area contributed by atoms with Gasteiger partial charge >= 0.3 is 0 Å². The van der Waals surface area contributed by atoms with Gasteiger partial charge in [-0.1, -0.05) is 17.7 Å². The second-order valence-corrected chi connectivity index (χ2v) is 5.62. The third kappa shape index (κ3) is 2.82. The summed E-state index contributed by atoms with van der Waals surface area (Å²) < 4.78 is 1.86. The van der Waals surface area contributed by atoms with Gasteiger partial charge in [0.2, 0.25) is 5.91 Å². The Morgan fingerprint density at radius 3 is 2.95 bits per heavy atom. The number of aromatic amines is 1. The lowest BCUT2D eigenvalue weighted by Gasteiger charge is -2.05. The standard InChI is InChI=1S/C15H16ClN5O/c1-9-19-20-14(21(9)2)8-18-15(22)5-10-7-17-13-6-11(16)3-4-12(10)13/h3-4,6-7,17H,5,8H2,1-2H3,(H,18,22). The van der Waals surface area contributed by atoms with Gasteiger partial charge in [-0.3, -0.25) is 4.79 Å². The monoisotopic (exact) mass is 317 g/mol. The minimum absolute atomic E-state index is 0.0588. The number of hydrogen-bond acceptors (Lipinski definition) is 3. The summed E-state index contributed by atoms with van der Waals surface area (Å²) in [6, 6.07) is 5.59. The van der Waals surface area contributed by atoms with Crippen molar-refractivity contribution in [2.45, 2.75) is 19.9 Å². The first-order valence-corrected chi connectivity index (χ1v) is 7.29. The van der Waals surface area contributed by atoms with Crippen molar-refractivity contribution < 1.29 is 4.79 Å². The van der Waals surface area contributed by atoms with Gasteiger partial charge in [0, 0.05) is 29.2 Å². The largest absolute Gasteiger partial charge is 0.361 e. The highest BCUT2D eigenvalue weighted by Crippen LogP contribution is 2.22. The van der Waals surface area contributed by atoms with Crippen molar-refractivity contribution in [1.29, 1.82) is 0 Å². The summed E-state index contributed by atoms with van der Waals surface area (Å²) in [7, 11) is 1.88. The van der Waals surface area contributed by atoms with Crippen LogP contribution in [0.4, 0.5) is 0 Å². The van der Waals surface area contributed by atoms with Gasteiger partial charge < -0.3 is 14.9 Å². The minimum atomic E-state index is -0.0588. The van der Waals surface area contributed by atoms with Gasteiger partial charge in [-0.2, -0.15) is 0 Å². The highest BCUT2D eigenvalue weighted by atomic mass is 35.5. The van der Waals surface area contributed by atoms with E-state index < -0.39 is 0 Å². The molecular weight excluding hydrogens is 302 g/mol. The molecule has 0 atom stereocenters. The van der Waals surface area contributed by atoms with Crippen molar-refractivity contribution in [3.63, 3.8) is 0 Å². The van der Waals surface area contributed by atoms with E-state index in [4.69, 9.17) is 11.6 Å². The van der Waals surface area contributed by atoms with Crippen molar-refractivity contribution in [2.24, 2.45) is 7.05 Å². The number of rotatable bonds is 4. The summed E-state index contributed by atoms with van der Waals surface area (Å²) in [6.45, 7) is 2.24. The van der Waals surface area contributed by atoms with Gasteiger partial charge in [-0.05, 0) is 24.6 Å². The normalized spacial score (nSPS) is 11.0. The molecule has 1 amide bonds. The number of aryl methyl sites for hydroxylation is 1. The zero-order valence-electron chi connectivity index (χ0n) is 12.4. The second-order valence-electron chi connectivity index (χ2n) is 5.18. The Bertz CT molecular complexity index is 836. The van der Waals surface area contributed by atoms with Crippen molar-refractivity contribution in [3.8, 4) is 0 Å². The highest BCUT2D eigenvalue weighted by molar-refractivity contribution is 6.31. The fourth-order valence-corrected chi connectivity index (χ4v) is 2.49. The van der Waals surface area contributed by atoms with Crippen LogP contribution in [0.2, 0.25) is 5.02 Å². The summed E-state index contributed by atoms with van der Waals surface area (Å²) in [5.74, 6) is 1.49. The predicted octanol–water partition coefficient (Wildman–Crippen LogP) is 2.12. The number of aromatic nitrogens is 4. The third-order valence-electron chi connectivity index (χ3n) is 3.71. The second kappa shape index (κ2) is 5.81. The van der Waals surface area contributed by atoms with Crippen molar-refractivity contribution in [2.75, 3.05) is 0 Å². The Hall–Kier alpha value is -2.34. The molecule has 0 aliphatic carbocycles. The molecule has 0 saturated carbocycles. The molecule has 2 aromatic heterocycles. The Labute approximate surface area is 132 Å². The maximum atomic E-state index is 12.1. The van der Waals surface area contributed by atoms with Crippen LogP contribution in [0.25, 0.3) is 10.9 Å². The van der Waals surface area contributed by atoms with Crippen LogP contribution in [-0.2, 0) is 24.8 Å². The van der Waals surface area contributed by atoms with Crippen LogP contribution in [0.5, 0.6) is 0 Å². The summed E-state index contributed by atoms with van der Waals surface area (Å²) in [4.78, 5) is 15.2. The molecule has 0 fully saturated rings. The van der Waals surface area contributed by atoms with E-state index in [-0.39, 0.29) is 5.91 Å². The molecule has 22 heavy (non-hydrogen) atoms. The highest BCUT2D eigenvalue weighted by Gasteiger charge is 2.11. The molecule has 3 rings (SSSR count). The lowest BCUT2D eigenvalue weighted by Crippen LogP contribution is -2.26. The number of H-pyrrole nitrogens is 1. The molecule has 3 aromatic rings. The zero-order valence-corrected chi connectivity index (χ0v) is 13.1. The number of halogens is 1. The molecule has 0 bridgehead atoms. The summed E-state index contributed by atoms with van der Waals surface area (Å²) in [6.07, 6.45) is 2.14. The molecule has 1 aromatic carbocycles. The van der Waals surface area contributed by atoms with Crippen molar-refractivity contribution >= 4 is 28.4 Å². The van der Waals surface area contributed by atoms with Crippen LogP contribution < -0.4 is 5.32 Å². The molecule has 0 aliphatic rings. The minimum Gasteiger partial charge on any atom is -0.361 e. The lowest BCUT2D eigenvalue weighted by molar-refractivity contribution is -0.120. The molecular formula is C15H16ClN5O. The molecule has 6 nitrogen and oxygen atoms in total. The van der Waals surface area contributed by atoms with Crippen LogP contribution in [0, 0.1) is 6.92 Å². The van der Waals surface area contributed by atoms with Gasteiger partial charge in [-0.15, -0.1) is 10.2 Å². The maximum Gasteiger partial charge on any atom is 0.224 e. The number of nitrogens with zero attached hydrogens (tertiary/aromatic N) is 3. The van der Waals surface area contributed by atoms with Gasteiger partial charge in [-0.25, -0.2) is 0 Å². The molecule has 0 spiro atoms. The van der Waals surface area contributed by atoms with E-state index in [2.05, 4.69) is 20.5 Å². The number of benzene rings is 1. The van der Waals surface area contributed by atoms with E-state index in [1.807, 2.05) is 42.9 Å². The Morgan fingerprint density at radius 2 is 2.23 bits per heavy atom. The average molecular weight is 318 g/mol. The number of nitrogens with one attached hydrogen (secondary N) is 2. The van der Waals surface area contributed by atoms with E-state index in [0.29, 0.717) is 18.0 Å². The Kier molecular flexibility index (Phi) is 3.85. The van der Waals surface area contributed by atoms with Crippen molar-refractivity contribution in [1.82, 2.24) is 25.1 Å². The summed E-state index contributed by atoms with van der Waals surface area (Å²) in [5.41, 5.74) is 1.87. The maximum absolute atomic E-state index is 12.1. The van der Waals surface area contributed by atoms with E-state index in [1.165, 1.54) is 0 Å². The van der Waals surface area contributed by atoms with E-state index >= 15 is 0 Å². The van der Waals surface area contributed by atoms with E-state index in [1.54, 1.807) is 0 Å². The quantitative estimate of drug-likeness (QED) is 0.774. The zero-order chi connectivity index (χ0) is 15.7. The summed E-state index contributed by atoms with van der Waals surface area (Å²) in [5, 5.41) is 12.5. The van der Waals surface area contributed by atoms with Crippen LogP contribution >= 0.6 is 11.6 Å². The molecule has 2 heterocycles. The molecule has 114 valence electrons. The van der Waals surface area contributed by atoms with Gasteiger partial charge in [0.25, 0.3) is 0 Å². The van der Waals surface area contributed by atoms with E-state index in [0.717, 1.165) is 28.1 Å². The first kappa shape index (κ1) is 14.6. The van der Waals surface area contributed by atoms with Crippen molar-refractivity contribution in [3.05, 3.63) is 46.6 Å². The molecule has 7 heteroatoms. The molecule has 2 N–H and O–H groups in total. The van der Waals surface area contributed by atoms with Crippen LogP contribution in [0.15, 0.2) is 24.4 Å². The molecule has 0 unspecified atom stereocenters. The molecule has 0 aliphatic heterocycles. The Morgan fingerprint density at radius 1 is 1.41 bits per heavy atom. The van der Waals surface area contributed by atoms with Gasteiger partial charge in [0.05, 0.1) is 13.0 Å². The topological polar surface area (TPSA) is 75.6 Å². The molecule has 0 saturated heterocycles. The summed E-state index contributed by atoms with van der Waals surface area (Å²) >= 11 is 5.95. The first-order chi connectivity index (χ1) is 10.5. The molecule has 0 radical (unpaired) electrons. The van der Waals surface area contributed by atoms with E-state index in [9.17, 15) is 4.79 Å². The number of amides is 1. The van der Waals surface area contributed by atoms with Gasteiger partial charge in [0.15, 0.2) is 5.82 Å². The first-order valence-electron chi connectivity index (χ1n) is 6.91. The fourth-order valence-electron chi connectivity index (χ4n) is 2.32. The third-order valence-corrected chi connectivity index (χ3v) is 3.94. The smallest absolute Gasteiger partial charge is 0.224 e. The lowest BCUT2D eigenvalue weighted by atomic mass is 10.1. The van der Waals surface area contributed by atoms with Crippen LogP contribution in [0.1, 0.15) is 17.2 Å². The number of carbonyl (C=O) groups excluding carboxylic acids is 1. The number of carbonyl (C=O) groups is 1. The number of hydrogen-bond donors (Lipinski definition) is 2. The van der Waals surface area contributed by atoms with Gasteiger partial charge in [0.1, 0.15) is 5.82 Å². The average Bonchev–Trinajstić information content (AvgIpc) is 3.02. The van der Waals surface area contributed by atoms with Crippen LogP contribution in [-0.4, -0.2) is 25.7 Å². The number of fused-ring (bicyclic) bond motifs is 1.